The fourth-order valence-corrected chi connectivity index (χ4v) is 2.95. The first kappa shape index (κ1) is 24.8. The van der Waals surface area contributed by atoms with Gasteiger partial charge in [-0.2, -0.15) is 0 Å². The number of halogens is 1. The van der Waals surface area contributed by atoms with Crippen molar-refractivity contribution in [1.82, 2.24) is 4.98 Å². The summed E-state index contributed by atoms with van der Waals surface area (Å²) in [6.45, 7) is 11.6. The first-order chi connectivity index (χ1) is 13.6. The van der Waals surface area contributed by atoms with Crippen molar-refractivity contribution >= 4 is 41.7 Å². The fraction of sp³-hybridized carbons (Fsp3) is 0.375. The average Bonchev–Trinajstić information content (AvgIpc) is 2.64. The predicted molar refractivity (Wildman–Crippen MR) is 129 cm³/mol. The number of hydrogen-bond donors (Lipinski definition) is 1. The van der Waals surface area contributed by atoms with Gasteiger partial charge in [-0.3, -0.25) is 0 Å². The molecule has 1 N–H and O–H groups in total. The smallest absolute Gasteiger partial charge is 0.156 e. The van der Waals surface area contributed by atoms with Gasteiger partial charge in [-0.05, 0) is 55.9 Å². The Balaban J connectivity index is 0.000000326. The summed E-state index contributed by atoms with van der Waals surface area (Å²) in [4.78, 5) is 8.36. The Hall–Kier alpha value is -2.20. The molecule has 3 nitrogen and oxygen atoms in total. The molecule has 2 rings (SSSR count). The lowest BCUT2D eigenvalue weighted by Gasteiger charge is -2.10. The van der Waals surface area contributed by atoms with Crippen molar-refractivity contribution in [3.63, 3.8) is 0 Å². The van der Waals surface area contributed by atoms with E-state index in [4.69, 9.17) is 24.9 Å². The highest BCUT2D eigenvalue weighted by Gasteiger charge is 2.08. The van der Waals surface area contributed by atoms with Crippen LogP contribution in [0.3, 0.4) is 0 Å². The topological polar surface area (TPSA) is 49.1 Å². The summed E-state index contributed by atoms with van der Waals surface area (Å²) in [6.07, 6.45) is 4.15. The third kappa shape index (κ3) is 8.78. The van der Waals surface area contributed by atoms with Crippen molar-refractivity contribution in [2.24, 2.45) is 10.9 Å². The largest absolute Gasteiger partial charge is 0.305 e. The molecule has 2 aromatic rings. The molecule has 1 atom stereocenters. The zero-order chi connectivity index (χ0) is 22.0. The van der Waals surface area contributed by atoms with Crippen LogP contribution in [0, 0.1) is 18.3 Å². The number of rotatable bonds is 6. The van der Waals surface area contributed by atoms with Crippen LogP contribution in [0.4, 0.5) is 5.82 Å². The molecule has 0 aliphatic carbocycles. The molecule has 1 aromatic carbocycles. The van der Waals surface area contributed by atoms with E-state index < -0.39 is 0 Å². The number of aryl methyl sites for hydroxylation is 1. The Bertz CT molecular complexity index is 865. The van der Waals surface area contributed by atoms with Crippen molar-refractivity contribution < 1.29 is 0 Å². The number of aromatic nitrogens is 1. The van der Waals surface area contributed by atoms with E-state index in [-0.39, 0.29) is 0 Å². The molecule has 0 saturated heterocycles. The van der Waals surface area contributed by atoms with E-state index in [9.17, 15) is 0 Å². The van der Waals surface area contributed by atoms with Crippen molar-refractivity contribution in [3.8, 4) is 0 Å². The third-order valence-corrected chi connectivity index (χ3v) is 4.58. The van der Waals surface area contributed by atoms with E-state index in [1.165, 1.54) is 18.4 Å². The van der Waals surface area contributed by atoms with Gasteiger partial charge in [-0.1, -0.05) is 69.1 Å². The summed E-state index contributed by atoms with van der Waals surface area (Å²) in [5, 5.41) is 8.18. The van der Waals surface area contributed by atoms with Gasteiger partial charge >= 0.3 is 0 Å². The lowest BCUT2D eigenvalue weighted by atomic mass is 9.86. The van der Waals surface area contributed by atoms with Crippen LogP contribution in [-0.2, 0) is 6.42 Å². The molecule has 1 unspecified atom stereocenters. The molecular formula is C24H31BClN3. The zero-order valence-electron chi connectivity index (χ0n) is 18.4. The van der Waals surface area contributed by atoms with Crippen LogP contribution in [0.1, 0.15) is 57.7 Å². The highest BCUT2D eigenvalue weighted by molar-refractivity contribution is 6.65. The molecule has 2 radical (unpaired) electrons. The van der Waals surface area contributed by atoms with E-state index >= 15 is 0 Å². The first-order valence-corrected chi connectivity index (χ1v) is 10.3. The van der Waals surface area contributed by atoms with Gasteiger partial charge < -0.3 is 5.41 Å². The quantitative estimate of drug-likeness (QED) is 0.411. The molecule has 0 spiro atoms. The van der Waals surface area contributed by atoms with Crippen LogP contribution in [-0.4, -0.2) is 23.7 Å². The second kappa shape index (κ2) is 12.4. The number of hydrogen-bond acceptors (Lipinski definition) is 3. The van der Waals surface area contributed by atoms with E-state index in [0.29, 0.717) is 27.7 Å². The first-order valence-electron chi connectivity index (χ1n) is 9.89. The Morgan fingerprint density at radius 3 is 2.28 bits per heavy atom. The Kier molecular flexibility index (Phi) is 10.6. The van der Waals surface area contributed by atoms with Gasteiger partial charge in [0.1, 0.15) is 13.0 Å². The number of nitrogens with zero attached hydrogens (tertiary/aromatic N) is 2. The summed E-state index contributed by atoms with van der Waals surface area (Å²) in [6, 6.07) is 12.6. The maximum atomic E-state index is 7.74. The monoisotopic (exact) mass is 407 g/mol. The van der Waals surface area contributed by atoms with Gasteiger partial charge in [0, 0.05) is 17.5 Å². The molecule has 0 aliphatic rings. The van der Waals surface area contributed by atoms with Gasteiger partial charge in [0.15, 0.2) is 5.82 Å². The van der Waals surface area contributed by atoms with E-state index in [1.54, 1.807) is 27.0 Å². The summed E-state index contributed by atoms with van der Waals surface area (Å²) in [7, 11) is 5.80. The maximum absolute atomic E-state index is 7.74. The SMILES string of the molecule is CCC(C)Cc1ccccc1.[B]/C(C)=C(\C(C)=N)c1cnc(N=C(C)Cl)c(C)c1. The Morgan fingerprint density at radius 2 is 1.83 bits per heavy atom. The Morgan fingerprint density at radius 1 is 1.21 bits per heavy atom. The van der Waals surface area contributed by atoms with Gasteiger partial charge in [-0.25, -0.2) is 9.98 Å². The maximum Gasteiger partial charge on any atom is 0.156 e. The van der Waals surface area contributed by atoms with Gasteiger partial charge in [0.05, 0.1) is 0 Å². The number of benzene rings is 1. The van der Waals surface area contributed by atoms with Crippen LogP contribution < -0.4 is 0 Å². The molecule has 29 heavy (non-hydrogen) atoms. The lowest BCUT2D eigenvalue weighted by molar-refractivity contribution is 0.560. The fourth-order valence-electron chi connectivity index (χ4n) is 2.87. The summed E-state index contributed by atoms with van der Waals surface area (Å²) < 4.78 is 0. The minimum Gasteiger partial charge on any atom is -0.305 e. The zero-order valence-corrected chi connectivity index (χ0v) is 19.1. The minimum absolute atomic E-state index is 0.418. The van der Waals surface area contributed by atoms with Crippen LogP contribution in [0.15, 0.2) is 53.1 Å². The minimum atomic E-state index is 0.418. The molecule has 152 valence electrons. The average molecular weight is 408 g/mol. The molecule has 1 heterocycles. The molecule has 1 aromatic heterocycles. The molecule has 0 aliphatic heterocycles. The molecule has 0 saturated carbocycles. The van der Waals surface area contributed by atoms with Gasteiger partial charge in [0.25, 0.3) is 0 Å². The Labute approximate surface area is 182 Å². The second-order valence-corrected chi connectivity index (χ2v) is 7.91. The number of allylic oxidation sites excluding steroid dienone is 2. The van der Waals surface area contributed by atoms with Crippen molar-refractivity contribution in [3.05, 3.63) is 64.8 Å². The molecule has 0 amide bonds. The standard InChI is InChI=1S/C13H15BClN3.C11H16/c1-7-5-11(12(8(2)14)9(3)16)6-17-13(7)18-10(4)15;1-3-10(2)9-11-7-5-4-6-8-11/h5-6,16H,1-4H3;4-8,10H,3,9H2,1-2H3/b12-8+,16-9?,18-10?;. The molecule has 0 fully saturated rings. The normalized spacial score (nSPS) is 13.1. The lowest BCUT2D eigenvalue weighted by Crippen LogP contribution is -2.00. The molecule has 0 bridgehead atoms. The molecule has 5 heteroatoms. The van der Waals surface area contributed by atoms with Crippen LogP contribution in [0.2, 0.25) is 0 Å². The number of aliphatic imine (C=N–C) groups is 1. The molecular weight excluding hydrogens is 377 g/mol. The highest BCUT2D eigenvalue weighted by Crippen LogP contribution is 2.23. The van der Waals surface area contributed by atoms with E-state index in [0.717, 1.165) is 17.0 Å². The van der Waals surface area contributed by atoms with Crippen LogP contribution in [0.5, 0.6) is 0 Å². The summed E-state index contributed by atoms with van der Waals surface area (Å²) in [5.41, 5.74) is 4.92. The van der Waals surface area contributed by atoms with E-state index in [2.05, 4.69) is 54.2 Å². The third-order valence-electron chi connectivity index (χ3n) is 4.49. The second-order valence-electron chi connectivity index (χ2n) is 7.36. The number of nitrogens with one attached hydrogen (secondary N) is 1. The van der Waals surface area contributed by atoms with Crippen molar-refractivity contribution in [1.29, 1.82) is 5.41 Å². The van der Waals surface area contributed by atoms with Crippen LogP contribution in [0.25, 0.3) is 5.57 Å². The number of pyridine rings is 1. The van der Waals surface area contributed by atoms with Crippen molar-refractivity contribution in [2.45, 2.75) is 54.4 Å². The van der Waals surface area contributed by atoms with Crippen molar-refractivity contribution in [2.75, 3.05) is 0 Å². The summed E-state index contributed by atoms with van der Waals surface area (Å²) >= 11 is 5.73. The van der Waals surface area contributed by atoms with E-state index in [1.807, 2.05) is 13.0 Å². The summed E-state index contributed by atoms with van der Waals surface area (Å²) in [5.74, 6) is 1.40. The van der Waals surface area contributed by atoms with Gasteiger partial charge in [-0.15, -0.1) is 5.47 Å². The highest BCUT2D eigenvalue weighted by atomic mass is 35.5. The predicted octanol–water partition coefficient (Wildman–Crippen LogP) is 6.89. The van der Waals surface area contributed by atoms with Gasteiger partial charge in [0.2, 0.25) is 0 Å². The van der Waals surface area contributed by atoms with Crippen LogP contribution >= 0.6 is 11.6 Å².